The van der Waals surface area contributed by atoms with Gasteiger partial charge in [-0.1, -0.05) is 24.8 Å². The molecule has 1 fully saturated rings. The molecule has 6 heteroatoms. The van der Waals surface area contributed by atoms with Crippen LogP contribution in [0.25, 0.3) is 10.9 Å². The lowest BCUT2D eigenvalue weighted by atomic mass is 10.0. The first-order chi connectivity index (χ1) is 11.7. The average Bonchev–Trinajstić information content (AvgIpc) is 3.03. The topological polar surface area (TPSA) is 67.2 Å². The van der Waals surface area contributed by atoms with Gasteiger partial charge in [0.1, 0.15) is 0 Å². The van der Waals surface area contributed by atoms with E-state index in [-0.39, 0.29) is 17.9 Å². The van der Waals surface area contributed by atoms with Crippen LogP contribution in [-0.4, -0.2) is 45.6 Å². The molecule has 1 aliphatic rings. The third-order valence-corrected chi connectivity index (χ3v) is 4.47. The fourth-order valence-corrected chi connectivity index (χ4v) is 3.10. The molecule has 2 heterocycles. The van der Waals surface area contributed by atoms with Crippen LogP contribution in [0.4, 0.5) is 0 Å². The zero-order valence-electron chi connectivity index (χ0n) is 13.6. The minimum absolute atomic E-state index is 0.134. The predicted molar refractivity (Wildman–Crippen MR) is 92.3 cm³/mol. The van der Waals surface area contributed by atoms with E-state index >= 15 is 0 Å². The van der Waals surface area contributed by atoms with Gasteiger partial charge < -0.3 is 10.2 Å². The molecule has 0 spiro atoms. The van der Waals surface area contributed by atoms with Crippen molar-refractivity contribution in [2.45, 2.75) is 31.8 Å². The molecule has 1 aliphatic heterocycles. The SMILES string of the molecule is C=CC(=O)NC1CCN(C(=O)CCn2ncc3ccccc32)CC1. The van der Waals surface area contributed by atoms with E-state index in [4.69, 9.17) is 0 Å². The van der Waals surface area contributed by atoms with Crippen LogP contribution < -0.4 is 5.32 Å². The Bertz CT molecular complexity index is 744. The van der Waals surface area contributed by atoms with Crippen LogP contribution in [0.3, 0.4) is 0 Å². The van der Waals surface area contributed by atoms with E-state index in [0.29, 0.717) is 26.1 Å². The number of likely N-dealkylation sites (tertiary alicyclic amines) is 1. The van der Waals surface area contributed by atoms with Crippen LogP contribution in [0.2, 0.25) is 0 Å². The van der Waals surface area contributed by atoms with Gasteiger partial charge in [-0.3, -0.25) is 14.3 Å². The molecular weight excluding hydrogens is 304 g/mol. The second kappa shape index (κ2) is 7.29. The number of carbonyl (C=O) groups is 2. The maximum absolute atomic E-state index is 12.4. The number of fused-ring (bicyclic) bond motifs is 1. The highest BCUT2D eigenvalue weighted by Crippen LogP contribution is 2.15. The van der Waals surface area contributed by atoms with Crippen molar-refractivity contribution < 1.29 is 9.59 Å². The minimum atomic E-state index is -0.148. The summed E-state index contributed by atoms with van der Waals surface area (Å²) in [7, 11) is 0. The van der Waals surface area contributed by atoms with Crippen LogP contribution in [0.1, 0.15) is 19.3 Å². The van der Waals surface area contributed by atoms with Crippen molar-refractivity contribution in [2.75, 3.05) is 13.1 Å². The van der Waals surface area contributed by atoms with Crippen LogP contribution in [0.15, 0.2) is 43.1 Å². The number of nitrogens with zero attached hydrogens (tertiary/aromatic N) is 3. The molecule has 2 amide bonds. The summed E-state index contributed by atoms with van der Waals surface area (Å²) in [5.41, 5.74) is 1.05. The van der Waals surface area contributed by atoms with Crippen molar-refractivity contribution in [3.05, 3.63) is 43.1 Å². The van der Waals surface area contributed by atoms with Crippen molar-refractivity contribution in [1.82, 2.24) is 20.0 Å². The lowest BCUT2D eigenvalue weighted by Gasteiger charge is -2.32. The van der Waals surface area contributed by atoms with Crippen molar-refractivity contribution in [3.8, 4) is 0 Å². The van der Waals surface area contributed by atoms with Gasteiger partial charge in [0.2, 0.25) is 11.8 Å². The minimum Gasteiger partial charge on any atom is -0.350 e. The lowest BCUT2D eigenvalue weighted by Crippen LogP contribution is -2.46. The van der Waals surface area contributed by atoms with Gasteiger partial charge in [-0.2, -0.15) is 5.10 Å². The average molecular weight is 326 g/mol. The summed E-state index contributed by atoms with van der Waals surface area (Å²) in [4.78, 5) is 25.6. The van der Waals surface area contributed by atoms with Crippen LogP contribution in [0, 0.1) is 0 Å². The third kappa shape index (κ3) is 3.64. The Morgan fingerprint density at radius 3 is 2.79 bits per heavy atom. The van der Waals surface area contributed by atoms with Crippen molar-refractivity contribution in [2.24, 2.45) is 0 Å². The van der Waals surface area contributed by atoms with Gasteiger partial charge in [0, 0.05) is 30.9 Å². The molecule has 6 nitrogen and oxygen atoms in total. The molecule has 1 saturated heterocycles. The highest BCUT2D eigenvalue weighted by molar-refractivity contribution is 5.87. The van der Waals surface area contributed by atoms with E-state index in [2.05, 4.69) is 17.0 Å². The van der Waals surface area contributed by atoms with Gasteiger partial charge in [0.05, 0.1) is 18.3 Å². The van der Waals surface area contributed by atoms with Gasteiger partial charge in [-0.05, 0) is 25.0 Å². The molecule has 0 saturated carbocycles. The van der Waals surface area contributed by atoms with E-state index in [1.165, 1.54) is 6.08 Å². The largest absolute Gasteiger partial charge is 0.350 e. The number of rotatable bonds is 5. The van der Waals surface area contributed by atoms with Gasteiger partial charge in [0.25, 0.3) is 0 Å². The van der Waals surface area contributed by atoms with Gasteiger partial charge >= 0.3 is 0 Å². The zero-order chi connectivity index (χ0) is 16.9. The van der Waals surface area contributed by atoms with Gasteiger partial charge in [-0.15, -0.1) is 0 Å². The molecule has 126 valence electrons. The van der Waals surface area contributed by atoms with E-state index in [1.54, 1.807) is 0 Å². The summed E-state index contributed by atoms with van der Waals surface area (Å²) in [6.07, 6.45) is 5.13. The maximum atomic E-state index is 12.4. The van der Waals surface area contributed by atoms with Crippen molar-refractivity contribution in [1.29, 1.82) is 0 Å². The van der Waals surface area contributed by atoms with Gasteiger partial charge in [0.15, 0.2) is 0 Å². The van der Waals surface area contributed by atoms with E-state index in [0.717, 1.165) is 23.7 Å². The fourth-order valence-electron chi connectivity index (χ4n) is 3.10. The molecule has 1 aromatic heterocycles. The summed E-state index contributed by atoms with van der Waals surface area (Å²) in [5.74, 6) is -0.00610. The quantitative estimate of drug-likeness (QED) is 0.851. The van der Waals surface area contributed by atoms with Crippen LogP contribution >= 0.6 is 0 Å². The van der Waals surface area contributed by atoms with E-state index in [9.17, 15) is 9.59 Å². The number of hydrogen-bond donors (Lipinski definition) is 1. The Morgan fingerprint density at radius 2 is 2.04 bits per heavy atom. The number of aryl methyl sites for hydroxylation is 1. The smallest absolute Gasteiger partial charge is 0.243 e. The summed E-state index contributed by atoms with van der Waals surface area (Å²) < 4.78 is 1.88. The normalized spacial score (nSPS) is 15.4. The lowest BCUT2D eigenvalue weighted by molar-refractivity contribution is -0.132. The zero-order valence-corrected chi connectivity index (χ0v) is 13.6. The summed E-state index contributed by atoms with van der Waals surface area (Å²) in [6, 6.07) is 8.12. The summed E-state index contributed by atoms with van der Waals surface area (Å²) >= 11 is 0. The van der Waals surface area contributed by atoms with Crippen molar-refractivity contribution >= 4 is 22.7 Å². The first-order valence-corrected chi connectivity index (χ1v) is 8.28. The number of hydrogen-bond acceptors (Lipinski definition) is 3. The van der Waals surface area contributed by atoms with Crippen molar-refractivity contribution in [3.63, 3.8) is 0 Å². The highest BCUT2D eigenvalue weighted by atomic mass is 16.2. The number of carbonyl (C=O) groups excluding carboxylic acids is 2. The van der Waals surface area contributed by atoms with E-state index < -0.39 is 0 Å². The molecule has 3 rings (SSSR count). The Kier molecular flexibility index (Phi) is 4.93. The van der Waals surface area contributed by atoms with Crippen LogP contribution in [-0.2, 0) is 16.1 Å². The second-order valence-corrected chi connectivity index (χ2v) is 6.04. The number of benzene rings is 1. The Labute approximate surface area is 141 Å². The molecule has 0 bridgehead atoms. The maximum Gasteiger partial charge on any atom is 0.243 e. The molecule has 0 atom stereocenters. The molecule has 24 heavy (non-hydrogen) atoms. The molecule has 0 unspecified atom stereocenters. The van der Waals surface area contributed by atoms with E-state index in [1.807, 2.05) is 40.0 Å². The highest BCUT2D eigenvalue weighted by Gasteiger charge is 2.23. The van der Waals surface area contributed by atoms with Crippen LogP contribution in [0.5, 0.6) is 0 Å². The fraction of sp³-hybridized carbons (Fsp3) is 0.389. The third-order valence-electron chi connectivity index (χ3n) is 4.47. The number of piperidine rings is 1. The monoisotopic (exact) mass is 326 g/mol. The number of aromatic nitrogens is 2. The second-order valence-electron chi connectivity index (χ2n) is 6.04. The Morgan fingerprint density at radius 1 is 1.29 bits per heavy atom. The molecule has 1 aromatic carbocycles. The predicted octanol–water partition coefficient (Wildman–Crippen LogP) is 1.72. The molecule has 0 aliphatic carbocycles. The molecular formula is C18H22N4O2. The standard InChI is InChI=1S/C18H22N4O2/c1-2-17(23)20-15-7-10-21(11-8-15)18(24)9-12-22-16-6-4-3-5-14(16)13-19-22/h2-6,13,15H,1,7-12H2,(H,20,23). The molecule has 0 radical (unpaired) electrons. The first kappa shape index (κ1) is 16.2. The number of nitrogens with one attached hydrogen (secondary N) is 1. The first-order valence-electron chi connectivity index (χ1n) is 8.28. The number of para-hydroxylation sites is 1. The van der Waals surface area contributed by atoms with Gasteiger partial charge in [-0.25, -0.2) is 0 Å². The summed E-state index contributed by atoms with van der Waals surface area (Å²) in [5, 5.41) is 8.34. The molecule has 2 aromatic rings. The molecule has 1 N–H and O–H groups in total. The number of amides is 2. The summed E-state index contributed by atoms with van der Waals surface area (Å²) in [6.45, 7) is 5.40. The Balaban J connectivity index is 1.49. The Hall–Kier alpha value is -2.63.